The molecule has 0 spiro atoms. The highest BCUT2D eigenvalue weighted by Crippen LogP contribution is 2.26. The van der Waals surface area contributed by atoms with Crippen LogP contribution < -0.4 is 0 Å². The number of carboxylic acid groups (broad SMARTS) is 1. The van der Waals surface area contributed by atoms with Gasteiger partial charge in [-0.2, -0.15) is 0 Å². The number of aromatic nitrogens is 3. The van der Waals surface area contributed by atoms with E-state index in [1.165, 1.54) is 23.1 Å². The predicted octanol–water partition coefficient (Wildman–Crippen LogP) is 1.93. The number of nitrogens with zero attached hydrogens (tertiary/aromatic N) is 3. The number of hydrogen-bond donors (Lipinski definition) is 2. The monoisotopic (exact) mass is 271 g/mol. The Hall–Kier alpha value is -3.09. The molecule has 0 atom stereocenters. The van der Waals surface area contributed by atoms with Gasteiger partial charge in [0.1, 0.15) is 11.4 Å². The zero-order valence-electron chi connectivity index (χ0n) is 10.1. The molecule has 0 bridgehead atoms. The molecular weight excluding hydrogens is 262 g/mol. The molecule has 0 aliphatic rings. The van der Waals surface area contributed by atoms with Crippen molar-refractivity contribution in [3.63, 3.8) is 0 Å². The van der Waals surface area contributed by atoms with Gasteiger partial charge in [-0.05, 0) is 36.4 Å². The molecule has 0 aliphatic carbocycles. The van der Waals surface area contributed by atoms with Gasteiger partial charge in [-0.15, -0.1) is 5.10 Å². The largest absolute Gasteiger partial charge is 0.508 e. The average molecular weight is 271 g/mol. The van der Waals surface area contributed by atoms with Crippen molar-refractivity contribution in [2.24, 2.45) is 0 Å². The van der Waals surface area contributed by atoms with Crippen molar-refractivity contribution in [3.05, 3.63) is 48.4 Å². The SMILES string of the molecule is O=C(O)c1nnn(-c2ccc(O)cc2)c1-c1ccco1. The zero-order valence-corrected chi connectivity index (χ0v) is 10.1. The first-order valence-corrected chi connectivity index (χ1v) is 5.69. The molecule has 2 N–H and O–H groups in total. The highest BCUT2D eigenvalue weighted by Gasteiger charge is 2.23. The predicted molar refractivity (Wildman–Crippen MR) is 67.7 cm³/mol. The molecule has 1 aromatic carbocycles. The Bertz CT molecular complexity index is 745. The van der Waals surface area contributed by atoms with Crippen LogP contribution in [0.1, 0.15) is 10.5 Å². The van der Waals surface area contributed by atoms with Crippen molar-refractivity contribution in [3.8, 4) is 22.9 Å². The summed E-state index contributed by atoms with van der Waals surface area (Å²) >= 11 is 0. The standard InChI is InChI=1S/C13H9N3O4/c17-9-5-3-8(4-6-9)16-12(10-2-1-7-20-10)11(13(18)19)14-15-16/h1-7,17H,(H,18,19). The van der Waals surface area contributed by atoms with Gasteiger partial charge in [0.2, 0.25) is 5.69 Å². The fourth-order valence-electron chi connectivity index (χ4n) is 1.83. The molecule has 0 saturated carbocycles. The first-order chi connectivity index (χ1) is 9.66. The van der Waals surface area contributed by atoms with Crippen LogP contribution in [0.5, 0.6) is 5.75 Å². The van der Waals surface area contributed by atoms with Gasteiger partial charge in [0.05, 0.1) is 12.0 Å². The summed E-state index contributed by atoms with van der Waals surface area (Å²) in [7, 11) is 0. The fraction of sp³-hybridized carbons (Fsp3) is 0. The Morgan fingerprint density at radius 3 is 2.55 bits per heavy atom. The van der Waals surface area contributed by atoms with E-state index in [-0.39, 0.29) is 17.1 Å². The molecule has 2 heterocycles. The van der Waals surface area contributed by atoms with E-state index in [1.54, 1.807) is 24.3 Å². The molecule has 7 heteroatoms. The maximum absolute atomic E-state index is 11.2. The van der Waals surface area contributed by atoms with Gasteiger partial charge in [0, 0.05) is 0 Å². The number of benzene rings is 1. The molecule has 3 rings (SSSR count). The van der Waals surface area contributed by atoms with Crippen LogP contribution in [0, 0.1) is 0 Å². The van der Waals surface area contributed by atoms with E-state index in [9.17, 15) is 15.0 Å². The summed E-state index contributed by atoms with van der Waals surface area (Å²) in [6.07, 6.45) is 1.44. The summed E-state index contributed by atoms with van der Waals surface area (Å²) in [6.45, 7) is 0. The second kappa shape index (κ2) is 4.54. The summed E-state index contributed by atoms with van der Waals surface area (Å²) in [6, 6.07) is 9.42. The van der Waals surface area contributed by atoms with E-state index < -0.39 is 5.97 Å². The van der Waals surface area contributed by atoms with Crippen LogP contribution in [0.4, 0.5) is 0 Å². The van der Waals surface area contributed by atoms with Crippen LogP contribution in [0.2, 0.25) is 0 Å². The second-order valence-corrected chi connectivity index (χ2v) is 4.00. The summed E-state index contributed by atoms with van der Waals surface area (Å²) in [5.41, 5.74) is 0.607. The minimum Gasteiger partial charge on any atom is -0.508 e. The molecule has 2 aromatic heterocycles. The third kappa shape index (κ3) is 1.91. The molecule has 0 aliphatic heterocycles. The molecule has 0 amide bonds. The maximum Gasteiger partial charge on any atom is 0.358 e. The van der Waals surface area contributed by atoms with Gasteiger partial charge in [0.15, 0.2) is 5.76 Å². The number of aromatic hydroxyl groups is 1. The molecule has 0 fully saturated rings. The minimum atomic E-state index is -1.19. The topological polar surface area (TPSA) is 101 Å². The van der Waals surface area contributed by atoms with Gasteiger partial charge < -0.3 is 14.6 Å². The summed E-state index contributed by atoms with van der Waals surface area (Å²) in [5.74, 6) is -0.742. The van der Waals surface area contributed by atoms with Crippen LogP contribution in [0.25, 0.3) is 17.1 Å². The van der Waals surface area contributed by atoms with Gasteiger partial charge in [-0.25, -0.2) is 9.48 Å². The first-order valence-electron chi connectivity index (χ1n) is 5.69. The molecule has 7 nitrogen and oxygen atoms in total. The molecular formula is C13H9N3O4. The smallest absolute Gasteiger partial charge is 0.358 e. The minimum absolute atomic E-state index is 0.104. The van der Waals surface area contributed by atoms with Crippen LogP contribution in [-0.4, -0.2) is 31.2 Å². The number of phenols is 1. The zero-order chi connectivity index (χ0) is 14.1. The van der Waals surface area contributed by atoms with Crippen molar-refractivity contribution in [1.82, 2.24) is 15.0 Å². The Labute approximate surface area is 112 Å². The van der Waals surface area contributed by atoms with Gasteiger partial charge in [-0.1, -0.05) is 5.21 Å². The van der Waals surface area contributed by atoms with E-state index in [0.29, 0.717) is 11.4 Å². The summed E-state index contributed by atoms with van der Waals surface area (Å²) < 4.78 is 6.59. The Balaban J connectivity index is 2.21. The summed E-state index contributed by atoms with van der Waals surface area (Å²) in [5, 5.41) is 26.0. The van der Waals surface area contributed by atoms with Crippen molar-refractivity contribution in [2.75, 3.05) is 0 Å². The average Bonchev–Trinajstić information content (AvgIpc) is 3.08. The maximum atomic E-state index is 11.2. The number of hydrogen-bond acceptors (Lipinski definition) is 5. The molecule has 0 unspecified atom stereocenters. The Morgan fingerprint density at radius 1 is 1.20 bits per heavy atom. The third-order valence-electron chi connectivity index (χ3n) is 2.72. The Kier molecular flexibility index (Phi) is 2.72. The van der Waals surface area contributed by atoms with Crippen LogP contribution >= 0.6 is 0 Å². The second-order valence-electron chi connectivity index (χ2n) is 4.00. The molecule has 100 valence electrons. The number of aromatic carboxylic acids is 1. The van der Waals surface area contributed by atoms with Gasteiger partial charge in [0.25, 0.3) is 0 Å². The summed E-state index contributed by atoms with van der Waals surface area (Å²) in [4.78, 5) is 11.2. The highest BCUT2D eigenvalue weighted by molar-refractivity contribution is 5.92. The van der Waals surface area contributed by atoms with E-state index in [1.807, 2.05) is 0 Å². The fourth-order valence-corrected chi connectivity index (χ4v) is 1.83. The van der Waals surface area contributed by atoms with Crippen LogP contribution in [0.15, 0.2) is 47.1 Å². The van der Waals surface area contributed by atoms with Gasteiger partial charge >= 0.3 is 5.97 Å². The molecule has 0 radical (unpaired) electrons. The number of phenolic OH excluding ortho intramolecular Hbond substituents is 1. The van der Waals surface area contributed by atoms with E-state index in [0.717, 1.165) is 0 Å². The molecule has 0 saturated heterocycles. The number of carboxylic acids is 1. The quantitative estimate of drug-likeness (QED) is 0.754. The van der Waals surface area contributed by atoms with Crippen molar-refractivity contribution in [1.29, 1.82) is 0 Å². The molecule has 20 heavy (non-hydrogen) atoms. The van der Waals surface area contributed by atoms with Crippen molar-refractivity contribution >= 4 is 5.97 Å². The van der Waals surface area contributed by atoms with E-state index in [2.05, 4.69) is 10.3 Å². The van der Waals surface area contributed by atoms with Crippen molar-refractivity contribution in [2.45, 2.75) is 0 Å². The van der Waals surface area contributed by atoms with Gasteiger partial charge in [-0.3, -0.25) is 0 Å². The third-order valence-corrected chi connectivity index (χ3v) is 2.72. The normalized spacial score (nSPS) is 10.6. The lowest BCUT2D eigenvalue weighted by Gasteiger charge is -2.04. The van der Waals surface area contributed by atoms with E-state index >= 15 is 0 Å². The first kappa shape index (κ1) is 12.0. The highest BCUT2D eigenvalue weighted by atomic mass is 16.4. The lowest BCUT2D eigenvalue weighted by molar-refractivity contribution is 0.0691. The lowest BCUT2D eigenvalue weighted by Crippen LogP contribution is -2.02. The number of furan rings is 1. The van der Waals surface area contributed by atoms with E-state index in [4.69, 9.17) is 4.42 Å². The number of rotatable bonds is 3. The van der Waals surface area contributed by atoms with Crippen LogP contribution in [0.3, 0.4) is 0 Å². The van der Waals surface area contributed by atoms with Crippen molar-refractivity contribution < 1.29 is 19.4 Å². The van der Waals surface area contributed by atoms with Crippen LogP contribution in [-0.2, 0) is 0 Å². The number of carbonyl (C=O) groups is 1. The Morgan fingerprint density at radius 2 is 1.95 bits per heavy atom. The molecule has 3 aromatic rings. The lowest BCUT2D eigenvalue weighted by atomic mass is 10.2.